The van der Waals surface area contributed by atoms with E-state index >= 15 is 0 Å². The summed E-state index contributed by atoms with van der Waals surface area (Å²) in [5, 5.41) is 8.98. The van der Waals surface area contributed by atoms with Gasteiger partial charge in [-0.05, 0) is 53.8 Å². The number of methoxy groups -OCH3 is 1. The number of rotatable bonds is 5. The van der Waals surface area contributed by atoms with Crippen LogP contribution in [0.2, 0.25) is 0 Å². The Hall–Kier alpha value is -2.82. The van der Waals surface area contributed by atoms with Crippen molar-refractivity contribution in [3.8, 4) is 34.2 Å². The maximum Gasteiger partial charge on any atom is 0.175 e. The Kier molecular flexibility index (Phi) is 5.73. The zero-order chi connectivity index (χ0) is 20.3. The van der Waals surface area contributed by atoms with Gasteiger partial charge in [0, 0.05) is 22.9 Å². The third-order valence-corrected chi connectivity index (χ3v) is 6.19. The fourth-order valence-corrected chi connectivity index (χ4v) is 4.08. The van der Waals surface area contributed by atoms with Crippen LogP contribution in [0.15, 0.2) is 64.5 Å². The standard InChI is InChI=1S/C21H18N2O3S2/c1-26-20-11-21(27-2)17(15-5-7-16(8-6-15)28(3,24)25)10-18(20)19-9-4-14(12-22)13-23-19/h4-11,13H,1-3H3. The topological polar surface area (TPSA) is 80.0 Å². The largest absolute Gasteiger partial charge is 0.496 e. The molecule has 142 valence electrons. The molecular formula is C21H18N2O3S2. The Labute approximate surface area is 168 Å². The minimum Gasteiger partial charge on any atom is -0.496 e. The Morgan fingerprint density at radius 2 is 1.79 bits per heavy atom. The van der Waals surface area contributed by atoms with Crippen molar-refractivity contribution in [2.45, 2.75) is 9.79 Å². The molecule has 5 nitrogen and oxygen atoms in total. The first-order chi connectivity index (χ1) is 13.4. The molecule has 1 aromatic heterocycles. The Balaban J connectivity index is 2.16. The number of pyridine rings is 1. The third kappa shape index (κ3) is 4.03. The highest BCUT2D eigenvalue weighted by Gasteiger charge is 2.15. The summed E-state index contributed by atoms with van der Waals surface area (Å²) in [6.07, 6.45) is 4.69. The maximum atomic E-state index is 11.7. The van der Waals surface area contributed by atoms with Gasteiger partial charge in [0.2, 0.25) is 0 Å². The van der Waals surface area contributed by atoms with E-state index in [1.165, 1.54) is 12.5 Å². The highest BCUT2D eigenvalue weighted by Crippen LogP contribution is 2.40. The molecule has 0 fully saturated rings. The van der Waals surface area contributed by atoms with Crippen molar-refractivity contribution < 1.29 is 13.2 Å². The van der Waals surface area contributed by atoms with Gasteiger partial charge < -0.3 is 4.74 Å². The highest BCUT2D eigenvalue weighted by atomic mass is 32.2. The Morgan fingerprint density at radius 1 is 1.07 bits per heavy atom. The number of hydrogen-bond donors (Lipinski definition) is 0. The number of hydrogen-bond acceptors (Lipinski definition) is 6. The lowest BCUT2D eigenvalue weighted by molar-refractivity contribution is 0.415. The van der Waals surface area contributed by atoms with Crippen molar-refractivity contribution in [3.63, 3.8) is 0 Å². The van der Waals surface area contributed by atoms with Crippen molar-refractivity contribution in [2.75, 3.05) is 19.6 Å². The molecule has 0 unspecified atom stereocenters. The van der Waals surface area contributed by atoms with Crippen LogP contribution in [0.1, 0.15) is 5.56 Å². The SMILES string of the molecule is COc1cc(SC)c(-c2ccc(S(C)(=O)=O)cc2)cc1-c1ccc(C#N)cn1. The molecule has 0 atom stereocenters. The van der Waals surface area contributed by atoms with E-state index in [1.54, 1.807) is 55.3 Å². The molecule has 0 aliphatic heterocycles. The first kappa shape index (κ1) is 19.9. The molecule has 0 bridgehead atoms. The lowest BCUT2D eigenvalue weighted by Crippen LogP contribution is -1.97. The Bertz CT molecular complexity index is 1150. The number of ether oxygens (including phenoxy) is 1. The monoisotopic (exact) mass is 410 g/mol. The molecule has 3 rings (SSSR count). The van der Waals surface area contributed by atoms with Gasteiger partial charge in [-0.25, -0.2) is 8.42 Å². The molecule has 28 heavy (non-hydrogen) atoms. The van der Waals surface area contributed by atoms with E-state index in [0.29, 0.717) is 17.0 Å². The number of sulfone groups is 1. The summed E-state index contributed by atoms with van der Waals surface area (Å²) in [5.41, 5.74) is 3.83. The van der Waals surface area contributed by atoms with Crippen LogP contribution in [0.25, 0.3) is 22.4 Å². The molecule has 2 aromatic carbocycles. The first-order valence-electron chi connectivity index (χ1n) is 8.30. The van der Waals surface area contributed by atoms with E-state index in [-0.39, 0.29) is 4.90 Å². The molecule has 0 aliphatic rings. The van der Waals surface area contributed by atoms with E-state index in [9.17, 15) is 8.42 Å². The van der Waals surface area contributed by atoms with Gasteiger partial charge in [-0.1, -0.05) is 12.1 Å². The summed E-state index contributed by atoms with van der Waals surface area (Å²) in [5.74, 6) is 0.679. The minimum absolute atomic E-state index is 0.282. The van der Waals surface area contributed by atoms with Crippen molar-refractivity contribution >= 4 is 21.6 Å². The van der Waals surface area contributed by atoms with Crippen LogP contribution in [0, 0.1) is 11.3 Å². The quantitative estimate of drug-likeness (QED) is 0.579. The normalized spacial score (nSPS) is 11.1. The maximum absolute atomic E-state index is 11.7. The molecule has 0 saturated carbocycles. The predicted octanol–water partition coefficient (Wildman–Crippen LogP) is 4.42. The second kappa shape index (κ2) is 8.05. The fraction of sp³-hybridized carbons (Fsp3) is 0.143. The van der Waals surface area contributed by atoms with Gasteiger partial charge in [0.15, 0.2) is 9.84 Å². The van der Waals surface area contributed by atoms with Gasteiger partial charge in [0.1, 0.15) is 11.8 Å². The zero-order valence-corrected chi connectivity index (χ0v) is 17.3. The van der Waals surface area contributed by atoms with E-state index in [2.05, 4.69) is 11.1 Å². The number of benzene rings is 2. The van der Waals surface area contributed by atoms with Crippen LogP contribution < -0.4 is 4.74 Å². The summed E-state index contributed by atoms with van der Waals surface area (Å²) in [7, 11) is -1.64. The summed E-state index contributed by atoms with van der Waals surface area (Å²) >= 11 is 1.58. The molecule has 7 heteroatoms. The van der Waals surface area contributed by atoms with E-state index in [0.717, 1.165) is 21.6 Å². The summed E-state index contributed by atoms with van der Waals surface area (Å²) in [6.45, 7) is 0. The van der Waals surface area contributed by atoms with Crippen LogP contribution >= 0.6 is 11.8 Å². The molecule has 0 saturated heterocycles. The van der Waals surface area contributed by atoms with Gasteiger partial charge in [-0.2, -0.15) is 5.26 Å². The van der Waals surface area contributed by atoms with Gasteiger partial charge in [0.05, 0.1) is 23.3 Å². The summed E-state index contributed by atoms with van der Waals surface area (Å²) in [6, 6.07) is 16.3. The number of nitriles is 1. The molecule has 0 spiro atoms. The fourth-order valence-electron chi connectivity index (χ4n) is 2.83. The summed E-state index contributed by atoms with van der Waals surface area (Å²) < 4.78 is 29.0. The number of thioether (sulfide) groups is 1. The lowest BCUT2D eigenvalue weighted by Gasteiger charge is -2.15. The van der Waals surface area contributed by atoms with Gasteiger partial charge in [0.25, 0.3) is 0 Å². The lowest BCUT2D eigenvalue weighted by atomic mass is 10.00. The van der Waals surface area contributed by atoms with Crippen LogP contribution in [0.4, 0.5) is 0 Å². The molecule has 1 heterocycles. The molecule has 0 aliphatic carbocycles. The highest BCUT2D eigenvalue weighted by molar-refractivity contribution is 7.98. The molecule has 0 radical (unpaired) electrons. The average molecular weight is 411 g/mol. The molecule has 0 amide bonds. The van der Waals surface area contributed by atoms with Crippen LogP contribution in [-0.2, 0) is 9.84 Å². The Morgan fingerprint density at radius 3 is 2.29 bits per heavy atom. The van der Waals surface area contributed by atoms with Gasteiger partial charge in [-0.15, -0.1) is 11.8 Å². The van der Waals surface area contributed by atoms with Crippen molar-refractivity contribution in [1.29, 1.82) is 5.26 Å². The molecule has 0 N–H and O–H groups in total. The average Bonchev–Trinajstić information content (AvgIpc) is 2.72. The molecule has 3 aromatic rings. The van der Waals surface area contributed by atoms with Crippen molar-refractivity contribution in [1.82, 2.24) is 4.98 Å². The first-order valence-corrected chi connectivity index (χ1v) is 11.4. The number of nitrogens with zero attached hydrogens (tertiary/aromatic N) is 2. The van der Waals surface area contributed by atoms with Crippen molar-refractivity contribution in [3.05, 3.63) is 60.3 Å². The van der Waals surface area contributed by atoms with E-state index in [1.807, 2.05) is 18.4 Å². The minimum atomic E-state index is -3.25. The zero-order valence-electron chi connectivity index (χ0n) is 15.6. The smallest absolute Gasteiger partial charge is 0.175 e. The third-order valence-electron chi connectivity index (χ3n) is 4.28. The van der Waals surface area contributed by atoms with Gasteiger partial charge >= 0.3 is 0 Å². The molecular weight excluding hydrogens is 392 g/mol. The van der Waals surface area contributed by atoms with Crippen LogP contribution in [0.5, 0.6) is 5.75 Å². The second-order valence-corrected chi connectivity index (χ2v) is 8.96. The van der Waals surface area contributed by atoms with E-state index in [4.69, 9.17) is 10.00 Å². The second-order valence-electron chi connectivity index (χ2n) is 6.09. The van der Waals surface area contributed by atoms with Crippen molar-refractivity contribution in [2.24, 2.45) is 0 Å². The van der Waals surface area contributed by atoms with Crippen LogP contribution in [0.3, 0.4) is 0 Å². The summed E-state index contributed by atoms with van der Waals surface area (Å²) in [4.78, 5) is 5.66. The van der Waals surface area contributed by atoms with E-state index < -0.39 is 9.84 Å². The van der Waals surface area contributed by atoms with Gasteiger partial charge in [-0.3, -0.25) is 4.98 Å². The predicted molar refractivity (Wildman–Crippen MR) is 111 cm³/mol. The number of aromatic nitrogens is 1. The van der Waals surface area contributed by atoms with Crippen LogP contribution in [-0.4, -0.2) is 33.0 Å².